The Balaban J connectivity index is 1.86. The summed E-state index contributed by atoms with van der Waals surface area (Å²) in [5.74, 6) is -0.770. The van der Waals surface area contributed by atoms with Gasteiger partial charge in [0.15, 0.2) is 5.78 Å². The molecule has 22 heavy (non-hydrogen) atoms. The van der Waals surface area contributed by atoms with Gasteiger partial charge in [-0.25, -0.2) is 0 Å². The van der Waals surface area contributed by atoms with Gasteiger partial charge in [-0.1, -0.05) is 0 Å². The summed E-state index contributed by atoms with van der Waals surface area (Å²) >= 11 is 3.41. The summed E-state index contributed by atoms with van der Waals surface area (Å²) in [7, 11) is 0. The monoisotopic (exact) mass is 368 g/mol. The highest BCUT2D eigenvalue weighted by atomic mass is 79.9. The van der Waals surface area contributed by atoms with E-state index in [1.807, 2.05) is 4.90 Å². The van der Waals surface area contributed by atoms with Crippen molar-refractivity contribution in [1.29, 1.82) is 0 Å². The number of halogens is 1. The third-order valence-corrected chi connectivity index (χ3v) is 3.96. The van der Waals surface area contributed by atoms with Gasteiger partial charge in [-0.15, -0.1) is 0 Å². The van der Waals surface area contributed by atoms with E-state index in [9.17, 15) is 14.4 Å². The molecule has 0 radical (unpaired) electrons. The number of carbonyl (C=O) groups excluding carboxylic acids is 3. The molecule has 0 unspecified atom stereocenters. The van der Waals surface area contributed by atoms with Gasteiger partial charge in [0.1, 0.15) is 5.76 Å². The molecule has 0 bridgehead atoms. The van der Waals surface area contributed by atoms with Crippen LogP contribution < -0.4 is 10.2 Å². The highest BCUT2D eigenvalue weighted by Crippen LogP contribution is 2.32. The van der Waals surface area contributed by atoms with Crippen LogP contribution in [0.15, 0.2) is 20.5 Å². The first-order valence-electron chi connectivity index (χ1n) is 6.75. The van der Waals surface area contributed by atoms with Gasteiger partial charge >= 0.3 is 0 Å². The summed E-state index contributed by atoms with van der Waals surface area (Å²) in [6.07, 6.45) is 1.04. The standard InChI is InChI=1S/C14H13BrN2O5/c15-10-6-8(22-14(10)17-1-3-21-4-2-17)5-9-11(18)7-12(19)16-13(9)20/h5-6H,1-4,7H2,(H,16,19,20)/b9-5+. The van der Waals surface area contributed by atoms with Crippen molar-refractivity contribution in [3.05, 3.63) is 21.9 Å². The Bertz CT molecular complexity index is 651. The van der Waals surface area contributed by atoms with Crippen molar-refractivity contribution in [2.75, 3.05) is 31.2 Å². The number of ether oxygens (including phenoxy) is 1. The Labute approximate surface area is 134 Å². The number of hydrogen-bond acceptors (Lipinski definition) is 6. The predicted octanol–water partition coefficient (Wildman–Crippen LogP) is 0.878. The van der Waals surface area contributed by atoms with E-state index in [0.29, 0.717) is 37.9 Å². The van der Waals surface area contributed by atoms with E-state index in [0.717, 1.165) is 4.47 Å². The first kappa shape index (κ1) is 15.0. The van der Waals surface area contributed by atoms with Crippen molar-refractivity contribution in [2.24, 2.45) is 0 Å². The zero-order valence-corrected chi connectivity index (χ0v) is 13.1. The molecule has 0 atom stereocenters. The van der Waals surface area contributed by atoms with E-state index in [2.05, 4.69) is 21.2 Å². The quantitative estimate of drug-likeness (QED) is 0.360. The maximum atomic E-state index is 11.8. The van der Waals surface area contributed by atoms with E-state index >= 15 is 0 Å². The molecular weight excluding hydrogens is 356 g/mol. The number of carbonyl (C=O) groups is 3. The first-order chi connectivity index (χ1) is 10.5. The van der Waals surface area contributed by atoms with Gasteiger partial charge in [-0.3, -0.25) is 19.7 Å². The van der Waals surface area contributed by atoms with Crippen LogP contribution in [0, 0.1) is 0 Å². The Kier molecular flexibility index (Phi) is 4.12. The molecule has 8 heteroatoms. The molecule has 2 aliphatic rings. The summed E-state index contributed by atoms with van der Waals surface area (Å²) in [4.78, 5) is 36.6. The molecule has 1 aromatic rings. The third-order valence-electron chi connectivity index (χ3n) is 3.39. The van der Waals surface area contributed by atoms with Gasteiger partial charge < -0.3 is 14.1 Å². The Morgan fingerprint density at radius 1 is 1.23 bits per heavy atom. The molecule has 2 aliphatic heterocycles. The fourth-order valence-corrected chi connectivity index (χ4v) is 2.88. The minimum Gasteiger partial charge on any atom is -0.440 e. The predicted molar refractivity (Wildman–Crippen MR) is 80.2 cm³/mol. The summed E-state index contributed by atoms with van der Waals surface area (Å²) in [5, 5.41) is 2.12. The number of nitrogens with zero attached hydrogens (tertiary/aromatic N) is 1. The molecule has 2 saturated heterocycles. The second-order valence-corrected chi connectivity index (χ2v) is 5.79. The largest absolute Gasteiger partial charge is 0.440 e. The van der Waals surface area contributed by atoms with Crippen LogP contribution in [0.1, 0.15) is 12.2 Å². The third kappa shape index (κ3) is 2.97. The van der Waals surface area contributed by atoms with Crippen LogP contribution in [0.3, 0.4) is 0 Å². The Morgan fingerprint density at radius 3 is 2.64 bits per heavy atom. The lowest BCUT2D eigenvalue weighted by Gasteiger charge is -2.26. The van der Waals surface area contributed by atoms with Crippen LogP contribution in [0.25, 0.3) is 6.08 Å². The molecule has 0 aliphatic carbocycles. The number of ketones is 1. The van der Waals surface area contributed by atoms with Gasteiger partial charge in [0, 0.05) is 19.2 Å². The molecule has 3 heterocycles. The lowest BCUT2D eigenvalue weighted by molar-refractivity contribution is -0.134. The van der Waals surface area contributed by atoms with Gasteiger partial charge in [-0.2, -0.15) is 0 Å². The maximum Gasteiger partial charge on any atom is 0.261 e. The van der Waals surface area contributed by atoms with E-state index in [1.165, 1.54) is 6.08 Å². The highest BCUT2D eigenvalue weighted by molar-refractivity contribution is 9.10. The van der Waals surface area contributed by atoms with Gasteiger partial charge in [0.25, 0.3) is 5.91 Å². The molecule has 2 amide bonds. The van der Waals surface area contributed by atoms with E-state index in [-0.39, 0.29) is 12.0 Å². The average molecular weight is 369 g/mol. The van der Waals surface area contributed by atoms with Crippen molar-refractivity contribution in [3.8, 4) is 0 Å². The second kappa shape index (κ2) is 6.05. The van der Waals surface area contributed by atoms with E-state index in [1.54, 1.807) is 6.07 Å². The van der Waals surface area contributed by atoms with Crippen LogP contribution in [0.4, 0.5) is 5.88 Å². The van der Waals surface area contributed by atoms with Crippen molar-refractivity contribution >= 4 is 45.5 Å². The van der Waals surface area contributed by atoms with Crippen LogP contribution in [0.5, 0.6) is 0 Å². The number of amides is 2. The smallest absolute Gasteiger partial charge is 0.261 e. The number of rotatable bonds is 2. The fraction of sp³-hybridized carbons (Fsp3) is 0.357. The molecule has 7 nitrogen and oxygen atoms in total. The van der Waals surface area contributed by atoms with Crippen LogP contribution in [-0.4, -0.2) is 43.9 Å². The molecular formula is C14H13BrN2O5. The lowest BCUT2D eigenvalue weighted by atomic mass is 10.0. The molecule has 1 aromatic heterocycles. The topological polar surface area (TPSA) is 88.8 Å². The Hall–Kier alpha value is -1.93. The van der Waals surface area contributed by atoms with Crippen LogP contribution in [-0.2, 0) is 19.1 Å². The number of nitrogens with one attached hydrogen (secondary N) is 1. The van der Waals surface area contributed by atoms with Gasteiger partial charge in [-0.05, 0) is 22.0 Å². The normalized spacial score (nSPS) is 21.4. The van der Waals surface area contributed by atoms with Crippen molar-refractivity contribution in [3.63, 3.8) is 0 Å². The van der Waals surface area contributed by atoms with Crippen LogP contribution >= 0.6 is 15.9 Å². The first-order valence-corrected chi connectivity index (χ1v) is 7.55. The van der Waals surface area contributed by atoms with E-state index in [4.69, 9.17) is 9.15 Å². The number of piperidine rings is 1. The minimum absolute atomic E-state index is 0.0747. The molecule has 2 fully saturated rings. The number of Topliss-reactive ketones (excluding diaryl/α,β-unsaturated/α-hetero) is 1. The summed E-state index contributed by atoms with van der Waals surface area (Å²) in [6, 6.07) is 1.69. The highest BCUT2D eigenvalue weighted by Gasteiger charge is 2.29. The molecule has 0 aromatic carbocycles. The summed E-state index contributed by atoms with van der Waals surface area (Å²) in [5.41, 5.74) is -0.0747. The minimum atomic E-state index is -0.693. The van der Waals surface area contributed by atoms with E-state index < -0.39 is 17.6 Å². The zero-order chi connectivity index (χ0) is 15.7. The second-order valence-electron chi connectivity index (χ2n) is 4.94. The lowest BCUT2D eigenvalue weighted by Crippen LogP contribution is -2.40. The van der Waals surface area contributed by atoms with Crippen molar-refractivity contribution in [1.82, 2.24) is 5.32 Å². The fourth-order valence-electron chi connectivity index (χ4n) is 2.32. The number of imide groups is 1. The molecule has 1 N–H and O–H groups in total. The van der Waals surface area contributed by atoms with Crippen LogP contribution in [0.2, 0.25) is 0 Å². The summed E-state index contributed by atoms with van der Waals surface area (Å²) in [6.45, 7) is 2.64. The number of anilines is 1. The molecule has 0 spiro atoms. The Morgan fingerprint density at radius 2 is 1.95 bits per heavy atom. The average Bonchev–Trinajstić information content (AvgIpc) is 2.84. The van der Waals surface area contributed by atoms with Crippen molar-refractivity contribution in [2.45, 2.75) is 6.42 Å². The van der Waals surface area contributed by atoms with Gasteiger partial charge in [0.05, 0.1) is 29.7 Å². The number of hydrogen-bond donors (Lipinski definition) is 1. The van der Waals surface area contributed by atoms with Gasteiger partial charge in [0.2, 0.25) is 11.8 Å². The zero-order valence-electron chi connectivity index (χ0n) is 11.6. The summed E-state index contributed by atoms with van der Waals surface area (Å²) < 4.78 is 11.7. The molecule has 0 saturated carbocycles. The number of furan rings is 1. The molecule has 116 valence electrons. The maximum absolute atomic E-state index is 11.8. The number of morpholine rings is 1. The van der Waals surface area contributed by atoms with Crippen molar-refractivity contribution < 1.29 is 23.5 Å². The SMILES string of the molecule is O=C1CC(=O)/C(=C\c2cc(Br)c(N3CCOCC3)o2)C(=O)N1. The molecule has 3 rings (SSSR count).